The maximum Gasteiger partial charge on any atom is 0.320 e. The van der Waals surface area contributed by atoms with Crippen molar-refractivity contribution in [2.75, 3.05) is 33.2 Å². The first-order chi connectivity index (χ1) is 12.1. The second kappa shape index (κ2) is 8.34. The second-order valence-corrected chi connectivity index (χ2v) is 8.47. The Balaban J connectivity index is 0.00000196. The predicted octanol–water partition coefficient (Wildman–Crippen LogP) is 2.08. The summed E-state index contributed by atoms with van der Waals surface area (Å²) in [6.45, 7) is 3.17. The average Bonchev–Trinajstić information content (AvgIpc) is 3.29. The quantitative estimate of drug-likeness (QED) is 0.793. The number of carbonyl (C=O) groups excluding carboxylic acids is 2. The Kier molecular flexibility index (Phi) is 6.33. The van der Waals surface area contributed by atoms with Gasteiger partial charge in [-0.05, 0) is 51.4 Å². The Morgan fingerprint density at radius 2 is 1.54 bits per heavy atom. The smallest absolute Gasteiger partial charge is 0.320 e. The van der Waals surface area contributed by atoms with E-state index in [4.69, 9.17) is 0 Å². The zero-order valence-electron chi connectivity index (χ0n) is 15.9. The van der Waals surface area contributed by atoms with Crippen molar-refractivity contribution in [1.82, 2.24) is 20.0 Å². The van der Waals surface area contributed by atoms with Crippen molar-refractivity contribution in [2.24, 2.45) is 5.92 Å². The minimum Gasteiger partial charge on any atom is -0.342 e. The summed E-state index contributed by atoms with van der Waals surface area (Å²) in [6, 6.07) is 1.71. The highest BCUT2D eigenvalue weighted by Gasteiger charge is 2.39. The Morgan fingerprint density at radius 1 is 0.923 bits per heavy atom. The molecule has 4 heterocycles. The van der Waals surface area contributed by atoms with Gasteiger partial charge in [-0.15, -0.1) is 12.4 Å². The van der Waals surface area contributed by atoms with Crippen LogP contribution in [0, 0.1) is 5.92 Å². The summed E-state index contributed by atoms with van der Waals surface area (Å²) < 4.78 is 0. The number of halogens is 1. The van der Waals surface area contributed by atoms with Crippen molar-refractivity contribution in [1.29, 1.82) is 0 Å². The summed E-state index contributed by atoms with van der Waals surface area (Å²) in [5.41, 5.74) is 0. The van der Waals surface area contributed by atoms with Crippen LogP contribution in [0.5, 0.6) is 0 Å². The van der Waals surface area contributed by atoms with Gasteiger partial charge in [0.1, 0.15) is 0 Å². The average molecular weight is 385 g/mol. The van der Waals surface area contributed by atoms with Gasteiger partial charge < -0.3 is 20.0 Å². The maximum absolute atomic E-state index is 13.1. The van der Waals surface area contributed by atoms with Crippen LogP contribution in [-0.4, -0.2) is 78.0 Å². The van der Waals surface area contributed by atoms with Gasteiger partial charge in [-0.1, -0.05) is 0 Å². The van der Waals surface area contributed by atoms with E-state index in [0.717, 1.165) is 58.2 Å². The van der Waals surface area contributed by atoms with Crippen LogP contribution in [0.15, 0.2) is 0 Å². The third kappa shape index (κ3) is 3.96. The topological polar surface area (TPSA) is 55.9 Å². The molecule has 0 aliphatic carbocycles. The van der Waals surface area contributed by atoms with Gasteiger partial charge in [-0.25, -0.2) is 4.79 Å². The SMILES string of the molecule is CN(C(=O)C1CCCN(C(=O)N2CCCC2)C1)C1CC2CCC(C1)N2.Cl. The second-order valence-electron chi connectivity index (χ2n) is 8.47. The number of hydrogen-bond donors (Lipinski definition) is 1. The van der Waals surface area contributed by atoms with E-state index in [1.807, 2.05) is 21.7 Å². The molecule has 4 fully saturated rings. The minimum atomic E-state index is -0.0159. The monoisotopic (exact) mass is 384 g/mol. The first-order valence-corrected chi connectivity index (χ1v) is 10.2. The zero-order valence-corrected chi connectivity index (χ0v) is 16.7. The van der Waals surface area contributed by atoms with E-state index < -0.39 is 0 Å². The molecule has 3 atom stereocenters. The van der Waals surface area contributed by atoms with Crippen LogP contribution < -0.4 is 5.32 Å². The normalized spacial score (nSPS) is 33.7. The molecule has 0 aromatic rings. The number of hydrogen-bond acceptors (Lipinski definition) is 3. The summed E-state index contributed by atoms with van der Waals surface area (Å²) in [7, 11) is 1.99. The highest BCUT2D eigenvalue weighted by Crippen LogP contribution is 2.31. The van der Waals surface area contributed by atoms with Gasteiger partial charge in [0.25, 0.3) is 0 Å². The molecule has 6 nitrogen and oxygen atoms in total. The highest BCUT2D eigenvalue weighted by molar-refractivity contribution is 5.85. The van der Waals surface area contributed by atoms with E-state index in [0.29, 0.717) is 24.7 Å². The van der Waals surface area contributed by atoms with Gasteiger partial charge in [0, 0.05) is 51.4 Å². The number of urea groups is 1. The van der Waals surface area contributed by atoms with Crippen LogP contribution >= 0.6 is 12.4 Å². The maximum atomic E-state index is 13.1. The van der Waals surface area contributed by atoms with Crippen molar-refractivity contribution in [3.8, 4) is 0 Å². The molecule has 7 heteroatoms. The van der Waals surface area contributed by atoms with Gasteiger partial charge in [-0.3, -0.25) is 4.79 Å². The standard InChI is InChI=1S/C19H32N4O2.ClH/c1-21(17-11-15-6-7-16(12-17)20-15)18(24)14-5-4-10-23(13-14)19(25)22-8-2-3-9-22;/h14-17,20H,2-13H2,1H3;1H. The third-order valence-corrected chi connectivity index (χ3v) is 6.76. The number of amides is 3. The van der Waals surface area contributed by atoms with E-state index >= 15 is 0 Å². The summed E-state index contributed by atoms with van der Waals surface area (Å²) >= 11 is 0. The van der Waals surface area contributed by atoms with E-state index in [2.05, 4.69) is 5.32 Å². The molecule has 1 N–H and O–H groups in total. The molecule has 0 saturated carbocycles. The number of piperidine rings is 2. The van der Waals surface area contributed by atoms with Crippen molar-refractivity contribution in [3.05, 3.63) is 0 Å². The Bertz CT molecular complexity index is 514. The molecule has 148 valence electrons. The predicted molar refractivity (Wildman–Crippen MR) is 103 cm³/mol. The summed E-state index contributed by atoms with van der Waals surface area (Å²) in [5.74, 6) is 0.239. The Morgan fingerprint density at radius 3 is 2.19 bits per heavy atom. The molecular formula is C19H33ClN4O2. The van der Waals surface area contributed by atoms with Gasteiger partial charge in [-0.2, -0.15) is 0 Å². The molecule has 4 aliphatic rings. The number of carbonyl (C=O) groups is 2. The van der Waals surface area contributed by atoms with Crippen LogP contribution in [0.25, 0.3) is 0 Å². The third-order valence-electron chi connectivity index (χ3n) is 6.76. The van der Waals surface area contributed by atoms with E-state index in [1.54, 1.807) is 0 Å². The van der Waals surface area contributed by atoms with Crippen LogP contribution in [0.3, 0.4) is 0 Å². The van der Waals surface area contributed by atoms with E-state index in [1.165, 1.54) is 12.8 Å². The lowest BCUT2D eigenvalue weighted by atomic mass is 9.93. The molecule has 0 aromatic heterocycles. The first-order valence-electron chi connectivity index (χ1n) is 10.2. The highest BCUT2D eigenvalue weighted by atomic mass is 35.5. The largest absolute Gasteiger partial charge is 0.342 e. The number of fused-ring (bicyclic) bond motifs is 2. The minimum absolute atomic E-state index is 0. The fourth-order valence-electron chi connectivity index (χ4n) is 5.27. The summed E-state index contributed by atoms with van der Waals surface area (Å²) in [6.07, 6.45) is 8.77. The van der Waals surface area contributed by atoms with Crippen molar-refractivity contribution < 1.29 is 9.59 Å². The molecular weight excluding hydrogens is 352 g/mol. The number of rotatable bonds is 2. The molecule has 3 unspecified atom stereocenters. The Hall–Kier alpha value is -1.01. The first kappa shape index (κ1) is 19.7. The van der Waals surface area contributed by atoms with E-state index in [-0.39, 0.29) is 30.3 Å². The number of likely N-dealkylation sites (tertiary alicyclic amines) is 2. The lowest BCUT2D eigenvalue weighted by molar-refractivity contribution is -0.138. The molecule has 3 amide bonds. The molecule has 0 radical (unpaired) electrons. The van der Waals surface area contributed by atoms with Crippen LogP contribution in [0.2, 0.25) is 0 Å². The lowest BCUT2D eigenvalue weighted by Crippen LogP contribution is -2.53. The van der Waals surface area contributed by atoms with Crippen molar-refractivity contribution in [3.63, 3.8) is 0 Å². The van der Waals surface area contributed by atoms with Gasteiger partial charge >= 0.3 is 6.03 Å². The summed E-state index contributed by atoms with van der Waals surface area (Å²) in [4.78, 5) is 31.6. The fourth-order valence-corrected chi connectivity index (χ4v) is 5.27. The lowest BCUT2D eigenvalue weighted by Gasteiger charge is -2.40. The van der Waals surface area contributed by atoms with Crippen molar-refractivity contribution in [2.45, 2.75) is 69.5 Å². The van der Waals surface area contributed by atoms with Gasteiger partial charge in [0.2, 0.25) is 5.91 Å². The molecule has 0 spiro atoms. The summed E-state index contributed by atoms with van der Waals surface area (Å²) in [5, 5.41) is 3.65. The van der Waals surface area contributed by atoms with Crippen LogP contribution in [0.1, 0.15) is 51.4 Å². The Labute approximate surface area is 163 Å². The molecule has 4 aliphatic heterocycles. The number of nitrogens with zero attached hydrogens (tertiary/aromatic N) is 3. The van der Waals surface area contributed by atoms with Gasteiger partial charge in [0.15, 0.2) is 0 Å². The zero-order chi connectivity index (χ0) is 17.4. The molecule has 26 heavy (non-hydrogen) atoms. The van der Waals surface area contributed by atoms with Crippen LogP contribution in [-0.2, 0) is 4.79 Å². The van der Waals surface area contributed by atoms with E-state index in [9.17, 15) is 9.59 Å². The van der Waals surface area contributed by atoms with Gasteiger partial charge in [0.05, 0.1) is 5.92 Å². The molecule has 2 bridgehead atoms. The molecule has 4 saturated heterocycles. The number of nitrogens with one attached hydrogen (secondary N) is 1. The van der Waals surface area contributed by atoms with Crippen LogP contribution in [0.4, 0.5) is 4.79 Å². The fraction of sp³-hybridized carbons (Fsp3) is 0.895. The molecule has 0 aromatic carbocycles. The molecule has 4 rings (SSSR count). The van der Waals surface area contributed by atoms with Crippen molar-refractivity contribution >= 4 is 24.3 Å².